The fourth-order valence-electron chi connectivity index (χ4n) is 4.97. The molecule has 17 heteroatoms. The van der Waals surface area contributed by atoms with Crippen molar-refractivity contribution in [2.24, 2.45) is 5.92 Å². The molecule has 1 aromatic carbocycles. The molecule has 1 aliphatic carbocycles. The Hall–Kier alpha value is -3.79. The quantitative estimate of drug-likeness (QED) is 0.242. The van der Waals surface area contributed by atoms with E-state index in [0.29, 0.717) is 16.6 Å². The molecule has 3 N–H and O–H groups in total. The summed E-state index contributed by atoms with van der Waals surface area (Å²) in [5.41, 5.74) is 1.16. The van der Waals surface area contributed by atoms with Crippen LogP contribution in [0.5, 0.6) is 0 Å². The summed E-state index contributed by atoms with van der Waals surface area (Å²) >= 11 is 0. The average Bonchev–Trinajstić information content (AvgIpc) is 3.55. The lowest BCUT2D eigenvalue weighted by Gasteiger charge is -2.33. The van der Waals surface area contributed by atoms with Crippen LogP contribution in [0, 0.1) is 5.92 Å². The van der Waals surface area contributed by atoms with Gasteiger partial charge in [0.2, 0.25) is 11.8 Å². The number of nitrogens with zero attached hydrogens (tertiary/aromatic N) is 4. The van der Waals surface area contributed by atoms with Crippen LogP contribution in [-0.2, 0) is 11.3 Å². The van der Waals surface area contributed by atoms with E-state index in [1.165, 1.54) is 0 Å². The van der Waals surface area contributed by atoms with E-state index < -0.39 is 86.7 Å². The molecule has 2 atom stereocenters. The van der Waals surface area contributed by atoms with Crippen molar-refractivity contribution >= 4 is 22.8 Å². The number of halogens is 8. The number of hydrogen-bond donors (Lipinski definition) is 3. The third-order valence-electron chi connectivity index (χ3n) is 7.31. The molecule has 43 heavy (non-hydrogen) atoms. The highest BCUT2D eigenvalue weighted by molar-refractivity contribution is 5.92. The highest BCUT2D eigenvalue weighted by Crippen LogP contribution is 2.41. The molecule has 0 saturated heterocycles. The minimum Gasteiger partial charge on any atom is -0.350 e. The van der Waals surface area contributed by atoms with Gasteiger partial charge in [-0.25, -0.2) is 18.4 Å². The summed E-state index contributed by atoms with van der Waals surface area (Å²) in [7, 11) is 0. The maximum Gasteiger partial charge on any atom is 0.390 e. The lowest BCUT2D eigenvalue weighted by Crippen LogP contribution is -2.38. The molecule has 2 aromatic heterocycles. The number of carbonyl (C=O) groups excluding carboxylic acids is 2. The smallest absolute Gasteiger partial charge is 0.350 e. The van der Waals surface area contributed by atoms with Crippen molar-refractivity contribution in [3.63, 3.8) is 0 Å². The number of rotatable bonds is 10. The molecular formula is C26H29F8N7O2. The third kappa shape index (κ3) is 8.86. The van der Waals surface area contributed by atoms with Gasteiger partial charge in [-0.3, -0.25) is 9.59 Å². The summed E-state index contributed by atoms with van der Waals surface area (Å²) in [6, 6.07) is 3.24. The molecule has 2 heterocycles. The second-order valence-corrected chi connectivity index (χ2v) is 10.7. The molecule has 1 saturated carbocycles. The summed E-state index contributed by atoms with van der Waals surface area (Å²) < 4.78 is 104. The van der Waals surface area contributed by atoms with Gasteiger partial charge in [-0.15, -0.1) is 5.10 Å². The number of aromatic amines is 1. The molecule has 1 aliphatic rings. The zero-order valence-corrected chi connectivity index (χ0v) is 22.8. The number of aromatic nitrogens is 5. The molecule has 9 nitrogen and oxygen atoms in total. The van der Waals surface area contributed by atoms with Gasteiger partial charge in [-0.1, -0.05) is 11.3 Å². The number of benzene rings is 1. The molecule has 2 amide bonds. The van der Waals surface area contributed by atoms with Gasteiger partial charge in [0, 0.05) is 19.3 Å². The SMILES string of the molecule is C[C@@H](NC(=O)CCC(F)(F)F)c1ccc2nc([C@@H](NC(=O)c3cnnn3CCC(F)(F)F)C3CCC(F)(F)CC3)[nH]c2c1. The number of carbonyl (C=O) groups is 2. The third-order valence-corrected chi connectivity index (χ3v) is 7.31. The van der Waals surface area contributed by atoms with E-state index in [0.717, 1.165) is 10.9 Å². The first-order valence-corrected chi connectivity index (χ1v) is 13.5. The van der Waals surface area contributed by atoms with Crippen LogP contribution in [0.25, 0.3) is 11.0 Å². The Morgan fingerprint density at radius 3 is 2.40 bits per heavy atom. The van der Waals surface area contributed by atoms with E-state index in [-0.39, 0.29) is 24.4 Å². The Labute approximate surface area is 239 Å². The Morgan fingerprint density at radius 2 is 1.74 bits per heavy atom. The van der Waals surface area contributed by atoms with Crippen molar-refractivity contribution in [2.45, 2.75) is 88.8 Å². The van der Waals surface area contributed by atoms with Crippen LogP contribution < -0.4 is 10.6 Å². The van der Waals surface area contributed by atoms with Crippen molar-refractivity contribution in [2.75, 3.05) is 0 Å². The lowest BCUT2D eigenvalue weighted by molar-refractivity contribution is -0.144. The van der Waals surface area contributed by atoms with Crippen molar-refractivity contribution in [1.82, 2.24) is 35.6 Å². The highest BCUT2D eigenvalue weighted by atomic mass is 19.4. The predicted octanol–water partition coefficient (Wildman–Crippen LogP) is 5.92. The van der Waals surface area contributed by atoms with E-state index in [9.17, 15) is 44.7 Å². The summed E-state index contributed by atoms with van der Waals surface area (Å²) in [5, 5.41) is 12.3. The Kier molecular flexibility index (Phi) is 9.30. The van der Waals surface area contributed by atoms with Crippen molar-refractivity contribution in [1.29, 1.82) is 0 Å². The molecule has 3 aromatic rings. The zero-order chi connectivity index (χ0) is 31.6. The van der Waals surface area contributed by atoms with Gasteiger partial charge >= 0.3 is 12.4 Å². The van der Waals surface area contributed by atoms with Crippen LogP contribution in [0.2, 0.25) is 0 Å². The average molecular weight is 624 g/mol. The molecule has 0 spiro atoms. The molecule has 0 aliphatic heterocycles. The maximum atomic E-state index is 13.9. The molecule has 0 bridgehead atoms. The first-order valence-electron chi connectivity index (χ1n) is 13.5. The van der Waals surface area contributed by atoms with Crippen LogP contribution in [0.3, 0.4) is 0 Å². The number of aryl methyl sites for hydroxylation is 1. The van der Waals surface area contributed by atoms with Gasteiger partial charge in [0.25, 0.3) is 5.91 Å². The number of amides is 2. The molecule has 0 radical (unpaired) electrons. The fourth-order valence-corrected chi connectivity index (χ4v) is 4.97. The molecule has 0 unspecified atom stereocenters. The van der Waals surface area contributed by atoms with E-state index in [2.05, 4.69) is 30.9 Å². The summed E-state index contributed by atoms with van der Waals surface area (Å²) in [4.78, 5) is 32.7. The van der Waals surface area contributed by atoms with Gasteiger partial charge in [-0.2, -0.15) is 26.3 Å². The largest absolute Gasteiger partial charge is 0.390 e. The zero-order valence-electron chi connectivity index (χ0n) is 22.8. The van der Waals surface area contributed by atoms with Crippen LogP contribution >= 0.6 is 0 Å². The van der Waals surface area contributed by atoms with Crippen LogP contribution in [0.15, 0.2) is 24.4 Å². The van der Waals surface area contributed by atoms with Crippen LogP contribution in [0.4, 0.5) is 35.1 Å². The number of hydrogen-bond acceptors (Lipinski definition) is 5. The normalized spacial score (nSPS) is 17.5. The molecule has 4 rings (SSSR count). The number of H-pyrrole nitrogens is 1. The minimum absolute atomic E-state index is 0.0345. The van der Waals surface area contributed by atoms with Crippen molar-refractivity contribution in [3.05, 3.63) is 41.5 Å². The van der Waals surface area contributed by atoms with Gasteiger partial charge < -0.3 is 15.6 Å². The predicted molar refractivity (Wildman–Crippen MR) is 136 cm³/mol. The van der Waals surface area contributed by atoms with Crippen molar-refractivity contribution in [3.8, 4) is 0 Å². The standard InChI is InChI=1S/C26H29F8N7O2/c1-14(36-20(42)6-9-25(29,30)31)16-2-3-17-18(12-16)38-22(37-17)21(15-4-7-24(27,28)8-5-15)39-23(43)19-13-35-40-41(19)11-10-26(32,33)34/h2-3,12-15,21H,4-11H2,1H3,(H,36,42)(H,37,38)(H,39,43)/t14-,21+/m1/s1. The van der Waals surface area contributed by atoms with E-state index in [1.807, 2.05) is 0 Å². The van der Waals surface area contributed by atoms with E-state index in [1.54, 1.807) is 25.1 Å². The summed E-state index contributed by atoms with van der Waals surface area (Å²) in [6.45, 7) is 0.941. The number of nitrogens with one attached hydrogen (secondary N) is 3. The first kappa shape index (κ1) is 32.1. The van der Waals surface area contributed by atoms with Crippen LogP contribution in [-0.4, -0.2) is 55.1 Å². The monoisotopic (exact) mass is 623 g/mol. The topological polar surface area (TPSA) is 118 Å². The fraction of sp³-hybridized carbons (Fsp3) is 0.577. The number of fused-ring (bicyclic) bond motifs is 1. The second kappa shape index (κ2) is 12.4. The van der Waals surface area contributed by atoms with E-state index in [4.69, 9.17) is 0 Å². The van der Waals surface area contributed by atoms with Gasteiger partial charge in [-0.05, 0) is 43.4 Å². The van der Waals surface area contributed by atoms with Crippen LogP contribution in [0.1, 0.15) is 85.8 Å². The van der Waals surface area contributed by atoms with Gasteiger partial charge in [0.15, 0.2) is 0 Å². The minimum atomic E-state index is -4.49. The van der Waals surface area contributed by atoms with Crippen molar-refractivity contribution < 1.29 is 44.7 Å². The Morgan fingerprint density at radius 1 is 1.07 bits per heavy atom. The van der Waals surface area contributed by atoms with Gasteiger partial charge in [0.1, 0.15) is 11.5 Å². The van der Waals surface area contributed by atoms with E-state index >= 15 is 0 Å². The second-order valence-electron chi connectivity index (χ2n) is 10.7. The summed E-state index contributed by atoms with van der Waals surface area (Å²) in [5.74, 6) is -4.74. The number of alkyl halides is 8. The first-order chi connectivity index (χ1) is 20.0. The summed E-state index contributed by atoms with van der Waals surface area (Å²) in [6.07, 6.45) is -12.0. The molecule has 1 fully saturated rings. The molecule has 236 valence electrons. The molecular weight excluding hydrogens is 594 g/mol. The Balaban J connectivity index is 1.55. The van der Waals surface area contributed by atoms with Gasteiger partial charge in [0.05, 0.1) is 48.7 Å². The Bertz CT molecular complexity index is 1420. The maximum absolute atomic E-state index is 13.9. The number of imidazole rings is 1. The highest BCUT2D eigenvalue weighted by Gasteiger charge is 2.40. The lowest BCUT2D eigenvalue weighted by atomic mass is 9.81.